The van der Waals surface area contributed by atoms with Crippen molar-refractivity contribution in [1.29, 1.82) is 0 Å². The summed E-state index contributed by atoms with van der Waals surface area (Å²) in [6.45, 7) is 7.39. The lowest BCUT2D eigenvalue weighted by molar-refractivity contribution is 0.426. The molecule has 3 rings (SSSR count). The molecule has 3 heterocycles. The molecule has 0 N–H and O–H groups in total. The SMILES string of the molecule is CC(C)Cc1nnc([C@@H](C)Sc2nnc3n2CCCCC3)o1. The number of fused-ring (bicyclic) bond motifs is 1. The van der Waals surface area contributed by atoms with Gasteiger partial charge in [0.05, 0.1) is 5.25 Å². The van der Waals surface area contributed by atoms with E-state index in [1.54, 1.807) is 11.8 Å². The average molecular weight is 321 g/mol. The van der Waals surface area contributed by atoms with Crippen molar-refractivity contribution in [2.45, 2.75) is 69.8 Å². The third-order valence-corrected chi connectivity index (χ3v) is 4.84. The van der Waals surface area contributed by atoms with Gasteiger partial charge in [0, 0.05) is 19.4 Å². The number of hydrogen-bond acceptors (Lipinski definition) is 6. The summed E-state index contributed by atoms with van der Waals surface area (Å²) in [7, 11) is 0. The van der Waals surface area contributed by atoms with Crippen molar-refractivity contribution >= 4 is 11.8 Å². The van der Waals surface area contributed by atoms with E-state index >= 15 is 0 Å². The average Bonchev–Trinajstić information content (AvgIpc) is 3.00. The summed E-state index contributed by atoms with van der Waals surface area (Å²) in [6, 6.07) is 0. The first-order valence-electron chi connectivity index (χ1n) is 8.04. The van der Waals surface area contributed by atoms with Gasteiger partial charge in [-0.2, -0.15) is 0 Å². The zero-order chi connectivity index (χ0) is 15.5. The summed E-state index contributed by atoms with van der Waals surface area (Å²) in [4.78, 5) is 0. The van der Waals surface area contributed by atoms with Crippen molar-refractivity contribution in [1.82, 2.24) is 25.0 Å². The Labute approximate surface area is 135 Å². The Balaban J connectivity index is 1.70. The zero-order valence-electron chi connectivity index (χ0n) is 13.4. The minimum absolute atomic E-state index is 0.0879. The van der Waals surface area contributed by atoms with E-state index in [2.05, 4.69) is 45.7 Å². The molecule has 0 unspecified atom stereocenters. The highest BCUT2D eigenvalue weighted by molar-refractivity contribution is 7.99. The first kappa shape index (κ1) is 15.5. The van der Waals surface area contributed by atoms with Crippen LogP contribution in [0.2, 0.25) is 0 Å². The molecule has 0 amide bonds. The fourth-order valence-corrected chi connectivity index (χ4v) is 3.54. The van der Waals surface area contributed by atoms with Crippen LogP contribution in [0.3, 0.4) is 0 Å². The van der Waals surface area contributed by atoms with Crippen LogP contribution in [0.4, 0.5) is 0 Å². The maximum Gasteiger partial charge on any atom is 0.229 e. The molecule has 0 saturated heterocycles. The molecule has 22 heavy (non-hydrogen) atoms. The minimum Gasteiger partial charge on any atom is -0.424 e. The third-order valence-electron chi connectivity index (χ3n) is 3.77. The van der Waals surface area contributed by atoms with Gasteiger partial charge in [-0.3, -0.25) is 0 Å². The maximum absolute atomic E-state index is 5.77. The molecule has 1 atom stereocenters. The van der Waals surface area contributed by atoms with Crippen LogP contribution in [0.15, 0.2) is 9.57 Å². The van der Waals surface area contributed by atoms with E-state index in [1.807, 2.05) is 0 Å². The normalized spacial score (nSPS) is 16.5. The van der Waals surface area contributed by atoms with Gasteiger partial charge in [0.1, 0.15) is 5.82 Å². The molecule has 1 aliphatic rings. The van der Waals surface area contributed by atoms with Crippen molar-refractivity contribution in [3.63, 3.8) is 0 Å². The molecule has 1 aliphatic heterocycles. The van der Waals surface area contributed by atoms with Gasteiger partial charge < -0.3 is 8.98 Å². The van der Waals surface area contributed by atoms with Crippen molar-refractivity contribution in [2.75, 3.05) is 0 Å². The van der Waals surface area contributed by atoms with Gasteiger partial charge in [0.25, 0.3) is 0 Å². The number of thioether (sulfide) groups is 1. The van der Waals surface area contributed by atoms with E-state index in [0.29, 0.717) is 11.8 Å². The molecule has 0 saturated carbocycles. The second kappa shape index (κ2) is 6.81. The Morgan fingerprint density at radius 2 is 1.95 bits per heavy atom. The Morgan fingerprint density at radius 1 is 1.09 bits per heavy atom. The summed E-state index contributed by atoms with van der Waals surface area (Å²) >= 11 is 1.65. The van der Waals surface area contributed by atoms with E-state index in [1.165, 1.54) is 19.3 Å². The molecule has 0 fully saturated rings. The third kappa shape index (κ3) is 3.51. The van der Waals surface area contributed by atoms with Crippen LogP contribution in [-0.2, 0) is 19.4 Å². The number of rotatable bonds is 5. The van der Waals surface area contributed by atoms with Crippen LogP contribution < -0.4 is 0 Å². The van der Waals surface area contributed by atoms with Crippen molar-refractivity contribution in [2.24, 2.45) is 5.92 Å². The van der Waals surface area contributed by atoms with Crippen LogP contribution in [0.1, 0.15) is 62.9 Å². The number of aryl methyl sites for hydroxylation is 1. The number of aromatic nitrogens is 5. The minimum atomic E-state index is 0.0879. The summed E-state index contributed by atoms with van der Waals surface area (Å²) in [5, 5.41) is 18.1. The van der Waals surface area contributed by atoms with Gasteiger partial charge in [0.15, 0.2) is 5.16 Å². The van der Waals surface area contributed by atoms with E-state index in [4.69, 9.17) is 4.42 Å². The van der Waals surface area contributed by atoms with Crippen molar-refractivity contribution in [3.8, 4) is 0 Å². The molecule has 7 heteroatoms. The lowest BCUT2D eigenvalue weighted by atomic mass is 10.1. The Bertz CT molecular complexity index is 621. The molecule has 120 valence electrons. The molecule has 0 radical (unpaired) electrons. The highest BCUT2D eigenvalue weighted by Crippen LogP contribution is 2.34. The summed E-state index contributed by atoms with van der Waals surface area (Å²) in [6.07, 6.45) is 5.53. The van der Waals surface area contributed by atoms with Crippen LogP contribution >= 0.6 is 11.8 Å². The summed E-state index contributed by atoms with van der Waals surface area (Å²) in [5.41, 5.74) is 0. The van der Waals surface area contributed by atoms with E-state index in [0.717, 1.165) is 36.3 Å². The molecule has 6 nitrogen and oxygen atoms in total. The van der Waals surface area contributed by atoms with Crippen LogP contribution in [0.25, 0.3) is 0 Å². The van der Waals surface area contributed by atoms with E-state index in [9.17, 15) is 0 Å². The topological polar surface area (TPSA) is 69.6 Å². The fraction of sp³-hybridized carbons (Fsp3) is 0.733. The fourth-order valence-electron chi connectivity index (χ4n) is 2.62. The van der Waals surface area contributed by atoms with Crippen LogP contribution in [-0.4, -0.2) is 25.0 Å². The number of nitrogens with zero attached hydrogens (tertiary/aromatic N) is 5. The Hall–Kier alpha value is -1.37. The van der Waals surface area contributed by atoms with Gasteiger partial charge in [-0.1, -0.05) is 32.0 Å². The van der Waals surface area contributed by atoms with Gasteiger partial charge >= 0.3 is 0 Å². The van der Waals surface area contributed by atoms with Gasteiger partial charge in [-0.15, -0.1) is 20.4 Å². The lowest BCUT2D eigenvalue weighted by Gasteiger charge is -2.09. The smallest absolute Gasteiger partial charge is 0.229 e. The van der Waals surface area contributed by atoms with Crippen molar-refractivity contribution in [3.05, 3.63) is 17.6 Å². The molecule has 0 bridgehead atoms. The Kier molecular flexibility index (Phi) is 4.81. The predicted octanol–water partition coefficient (Wildman–Crippen LogP) is 3.44. The lowest BCUT2D eigenvalue weighted by Crippen LogP contribution is -2.03. The summed E-state index contributed by atoms with van der Waals surface area (Å²) < 4.78 is 8.02. The maximum atomic E-state index is 5.77. The molecule has 0 spiro atoms. The molecular weight excluding hydrogens is 298 g/mol. The highest BCUT2D eigenvalue weighted by Gasteiger charge is 2.21. The van der Waals surface area contributed by atoms with Crippen LogP contribution in [0.5, 0.6) is 0 Å². The number of hydrogen-bond donors (Lipinski definition) is 0. The standard InChI is InChI=1S/C15H23N5OS/c1-10(2)9-13-17-18-14(21-13)11(3)22-15-19-16-12-7-5-4-6-8-20(12)15/h10-11H,4-9H2,1-3H3/t11-/m1/s1. The summed E-state index contributed by atoms with van der Waals surface area (Å²) in [5.74, 6) is 3.02. The quantitative estimate of drug-likeness (QED) is 0.786. The molecular formula is C15H23N5OS. The first-order chi connectivity index (χ1) is 10.6. The van der Waals surface area contributed by atoms with Crippen molar-refractivity contribution < 1.29 is 4.42 Å². The molecule has 2 aromatic heterocycles. The van der Waals surface area contributed by atoms with E-state index < -0.39 is 0 Å². The van der Waals surface area contributed by atoms with E-state index in [-0.39, 0.29) is 5.25 Å². The molecule has 0 aromatic carbocycles. The van der Waals surface area contributed by atoms with Crippen LogP contribution in [0, 0.1) is 5.92 Å². The largest absolute Gasteiger partial charge is 0.424 e. The first-order valence-corrected chi connectivity index (χ1v) is 8.92. The Morgan fingerprint density at radius 3 is 2.77 bits per heavy atom. The zero-order valence-corrected chi connectivity index (χ0v) is 14.3. The van der Waals surface area contributed by atoms with Gasteiger partial charge in [0.2, 0.25) is 11.8 Å². The monoisotopic (exact) mass is 321 g/mol. The van der Waals surface area contributed by atoms with Gasteiger partial charge in [-0.05, 0) is 25.7 Å². The molecule has 0 aliphatic carbocycles. The molecule has 2 aromatic rings. The second-order valence-corrected chi connectivity index (χ2v) is 7.56. The van der Waals surface area contributed by atoms with Gasteiger partial charge in [-0.25, -0.2) is 0 Å². The second-order valence-electron chi connectivity index (χ2n) is 6.25. The predicted molar refractivity (Wildman–Crippen MR) is 84.7 cm³/mol. The highest BCUT2D eigenvalue weighted by atomic mass is 32.2.